The fourth-order valence-corrected chi connectivity index (χ4v) is 0.984. The molecule has 0 aromatic heterocycles. The molecule has 0 saturated carbocycles. The Balaban J connectivity index is 1.87. The van der Waals surface area contributed by atoms with E-state index < -0.39 is 24.5 Å². The van der Waals surface area contributed by atoms with Crippen LogP contribution in [0.4, 0.5) is 9.59 Å². The van der Waals surface area contributed by atoms with Gasteiger partial charge in [0.15, 0.2) is 12.2 Å². The maximum atomic E-state index is 10.5. The van der Waals surface area contributed by atoms with E-state index in [2.05, 4.69) is 30.8 Å². The lowest BCUT2D eigenvalue weighted by Crippen LogP contribution is -2.10. The second kappa shape index (κ2) is 3.46. The highest BCUT2D eigenvalue weighted by atomic mass is 16.8. The van der Waals surface area contributed by atoms with Crippen molar-refractivity contribution in [3.63, 3.8) is 0 Å². The summed E-state index contributed by atoms with van der Waals surface area (Å²) >= 11 is 0. The van der Waals surface area contributed by atoms with Crippen molar-refractivity contribution in [3.05, 3.63) is 0 Å². The van der Waals surface area contributed by atoms with Crippen molar-refractivity contribution in [2.45, 2.75) is 12.2 Å². The third kappa shape index (κ3) is 1.88. The van der Waals surface area contributed by atoms with Gasteiger partial charge in [-0.3, -0.25) is 0 Å². The van der Waals surface area contributed by atoms with Crippen molar-refractivity contribution in [2.24, 2.45) is 0 Å². The van der Waals surface area contributed by atoms with Gasteiger partial charge in [-0.15, -0.1) is 0 Å². The predicted molar refractivity (Wildman–Crippen MR) is 40.2 cm³/mol. The number of ether oxygens (including phenoxy) is 4. The van der Waals surface area contributed by atoms with Crippen LogP contribution >= 0.6 is 0 Å². The van der Waals surface area contributed by atoms with Crippen LogP contribution in [-0.4, -0.2) is 37.7 Å². The quantitative estimate of drug-likeness (QED) is 0.405. The van der Waals surface area contributed by atoms with Crippen LogP contribution in [0.1, 0.15) is 0 Å². The average Bonchev–Trinajstić information content (AvgIpc) is 2.72. The molecule has 0 N–H and O–H groups in total. The molecule has 0 aliphatic carbocycles. The maximum absolute atomic E-state index is 10.5. The van der Waals surface area contributed by atoms with Crippen LogP contribution in [0.2, 0.25) is 0 Å². The molecule has 2 saturated heterocycles. The molecule has 0 aromatic carbocycles. The minimum atomic E-state index is -0.732. The molecular weight excluding hydrogens is 192 g/mol. The monoisotopic (exact) mass is 198 g/mol. The second-order valence-electron chi connectivity index (χ2n) is 2.62. The van der Waals surface area contributed by atoms with E-state index in [1.807, 2.05) is 0 Å². The van der Waals surface area contributed by atoms with Crippen molar-refractivity contribution in [2.75, 3.05) is 13.2 Å². The largest absolute Gasteiger partial charge is 0.509 e. The van der Waals surface area contributed by atoms with Gasteiger partial charge in [0, 0.05) is 0 Å². The number of rotatable bonds is 0. The summed E-state index contributed by atoms with van der Waals surface area (Å²) in [5, 5.41) is 0. The van der Waals surface area contributed by atoms with Gasteiger partial charge in [0.1, 0.15) is 13.2 Å². The van der Waals surface area contributed by atoms with Crippen LogP contribution in [0.15, 0.2) is 0 Å². The van der Waals surface area contributed by atoms with Crippen LogP contribution in [0.5, 0.6) is 0 Å². The first-order valence-corrected chi connectivity index (χ1v) is 3.92. The number of carbonyl (C=O) groups is 2. The molecule has 6 heteroatoms. The molecule has 2 heterocycles. The Labute approximate surface area is 79.1 Å². The maximum Gasteiger partial charge on any atom is 0.509 e. The Bertz CT molecular complexity index is 294. The lowest BCUT2D eigenvalue weighted by molar-refractivity contribution is 0.124. The fourth-order valence-electron chi connectivity index (χ4n) is 0.984. The molecule has 2 rings (SSSR count). The molecule has 74 valence electrons. The minimum absolute atomic E-state index is 0.105. The molecular formula is C8H6O6. The molecule has 14 heavy (non-hydrogen) atoms. The van der Waals surface area contributed by atoms with Gasteiger partial charge in [-0.05, 0) is 0 Å². The lowest BCUT2D eigenvalue weighted by atomic mass is 10.3. The Hall–Kier alpha value is -1.90. The molecule has 0 bridgehead atoms. The van der Waals surface area contributed by atoms with Crippen molar-refractivity contribution >= 4 is 12.3 Å². The zero-order valence-electron chi connectivity index (χ0n) is 7.02. The highest BCUT2D eigenvalue weighted by Crippen LogP contribution is 2.07. The van der Waals surface area contributed by atoms with Gasteiger partial charge in [0.2, 0.25) is 0 Å². The van der Waals surface area contributed by atoms with E-state index in [0.29, 0.717) is 0 Å². The Morgan fingerprint density at radius 3 is 1.64 bits per heavy atom. The summed E-state index contributed by atoms with van der Waals surface area (Å²) in [7, 11) is 0. The van der Waals surface area contributed by atoms with Gasteiger partial charge in [0.05, 0.1) is 0 Å². The number of carbonyl (C=O) groups excluding carboxylic acids is 2. The molecule has 2 atom stereocenters. The third-order valence-corrected chi connectivity index (χ3v) is 1.59. The summed E-state index contributed by atoms with van der Waals surface area (Å²) in [5.74, 6) is 5.20. The Kier molecular flexibility index (Phi) is 2.14. The first-order chi connectivity index (χ1) is 6.74. The van der Waals surface area contributed by atoms with E-state index in [0.717, 1.165) is 0 Å². The van der Waals surface area contributed by atoms with Gasteiger partial charge in [0.25, 0.3) is 0 Å². The topological polar surface area (TPSA) is 71.1 Å². The van der Waals surface area contributed by atoms with Crippen LogP contribution in [0.3, 0.4) is 0 Å². The second-order valence-corrected chi connectivity index (χ2v) is 2.62. The highest BCUT2D eigenvalue weighted by molar-refractivity contribution is 5.63. The number of hydrogen-bond acceptors (Lipinski definition) is 6. The first-order valence-electron chi connectivity index (χ1n) is 3.92. The molecule has 6 nitrogen and oxygen atoms in total. The normalized spacial score (nSPS) is 29.4. The third-order valence-electron chi connectivity index (χ3n) is 1.59. The summed E-state index contributed by atoms with van der Waals surface area (Å²) in [4.78, 5) is 21.0. The van der Waals surface area contributed by atoms with Gasteiger partial charge in [-0.25, -0.2) is 9.59 Å². The van der Waals surface area contributed by atoms with Gasteiger partial charge in [-0.1, -0.05) is 11.8 Å². The van der Waals surface area contributed by atoms with Crippen LogP contribution in [0, 0.1) is 11.8 Å². The smallest absolute Gasteiger partial charge is 0.429 e. The Morgan fingerprint density at radius 1 is 0.929 bits per heavy atom. The van der Waals surface area contributed by atoms with E-state index in [-0.39, 0.29) is 13.2 Å². The number of cyclic esters (lactones) is 4. The van der Waals surface area contributed by atoms with Gasteiger partial charge < -0.3 is 18.9 Å². The summed E-state index contributed by atoms with van der Waals surface area (Å²) < 4.78 is 18.3. The average molecular weight is 198 g/mol. The van der Waals surface area contributed by atoms with Crippen LogP contribution in [-0.2, 0) is 18.9 Å². The van der Waals surface area contributed by atoms with Crippen LogP contribution in [0.25, 0.3) is 0 Å². The van der Waals surface area contributed by atoms with E-state index in [1.165, 1.54) is 0 Å². The summed E-state index contributed by atoms with van der Waals surface area (Å²) in [6.45, 7) is 0.209. The van der Waals surface area contributed by atoms with Gasteiger partial charge in [-0.2, -0.15) is 0 Å². The molecule has 0 amide bonds. The summed E-state index contributed by atoms with van der Waals surface area (Å²) in [6, 6.07) is 0. The SMILES string of the molecule is O=C1OCC(C#CC2COC(=O)O2)O1. The van der Waals surface area contributed by atoms with E-state index >= 15 is 0 Å². The number of hydrogen-bond donors (Lipinski definition) is 0. The predicted octanol–water partition coefficient (Wildman–Crippen LogP) is 0.0606. The minimum Gasteiger partial charge on any atom is -0.429 e. The van der Waals surface area contributed by atoms with Crippen LogP contribution < -0.4 is 0 Å². The highest BCUT2D eigenvalue weighted by Gasteiger charge is 2.25. The van der Waals surface area contributed by atoms with Gasteiger partial charge >= 0.3 is 12.3 Å². The van der Waals surface area contributed by atoms with E-state index in [9.17, 15) is 9.59 Å². The zero-order valence-corrected chi connectivity index (χ0v) is 7.02. The van der Waals surface area contributed by atoms with E-state index in [1.54, 1.807) is 0 Å². The van der Waals surface area contributed by atoms with Crippen molar-refractivity contribution in [3.8, 4) is 11.8 Å². The molecule has 2 aliphatic heterocycles. The van der Waals surface area contributed by atoms with E-state index in [4.69, 9.17) is 0 Å². The molecule has 0 spiro atoms. The Morgan fingerprint density at radius 2 is 1.36 bits per heavy atom. The lowest BCUT2D eigenvalue weighted by Gasteiger charge is -1.96. The molecule has 2 unspecified atom stereocenters. The van der Waals surface area contributed by atoms with Crippen molar-refractivity contribution in [1.82, 2.24) is 0 Å². The standard InChI is InChI=1S/C8H6O6/c9-7-11-3-5(13-7)1-2-6-4-12-8(10)14-6/h5-6H,3-4H2. The fraction of sp³-hybridized carbons (Fsp3) is 0.500. The first kappa shape index (κ1) is 8.69. The van der Waals surface area contributed by atoms with Crippen molar-refractivity contribution in [1.29, 1.82) is 0 Å². The molecule has 0 radical (unpaired) electrons. The van der Waals surface area contributed by atoms with Crippen molar-refractivity contribution < 1.29 is 28.5 Å². The summed E-state index contributed by atoms with van der Waals surface area (Å²) in [5.41, 5.74) is 0. The molecule has 2 aliphatic rings. The zero-order chi connectivity index (χ0) is 9.97. The summed E-state index contributed by atoms with van der Waals surface area (Å²) in [6.07, 6.45) is -2.63. The molecule has 2 fully saturated rings. The molecule has 0 aromatic rings.